The molecule has 0 aromatic heterocycles. The maximum atomic E-state index is 11.4. The monoisotopic (exact) mass is 253 g/mol. The quantitative estimate of drug-likeness (QED) is 0.697. The first-order valence-electron chi connectivity index (χ1n) is 4.68. The lowest BCUT2D eigenvalue weighted by Crippen LogP contribution is -2.33. The highest BCUT2D eigenvalue weighted by molar-refractivity contribution is 9.10. The zero-order valence-electron chi connectivity index (χ0n) is 8.25. The van der Waals surface area contributed by atoms with Gasteiger partial charge in [0.15, 0.2) is 0 Å². The predicted molar refractivity (Wildman–Crippen MR) is 60.5 cm³/mol. The van der Waals surface area contributed by atoms with E-state index >= 15 is 0 Å². The Morgan fingerprint density at radius 2 is 2.29 bits per heavy atom. The Bertz CT molecular complexity index is 389. The summed E-state index contributed by atoms with van der Waals surface area (Å²) in [5.74, 6) is 0.124. The number of hydrogen-bond acceptors (Lipinski definition) is 1. The van der Waals surface area contributed by atoms with Crippen LogP contribution >= 0.6 is 15.9 Å². The zero-order chi connectivity index (χ0) is 10.3. The van der Waals surface area contributed by atoms with Gasteiger partial charge in [-0.2, -0.15) is 0 Å². The molecule has 3 heteroatoms. The summed E-state index contributed by atoms with van der Waals surface area (Å²) < 4.78 is 1.08. The number of hydrogen-bond donors (Lipinski definition) is 0. The van der Waals surface area contributed by atoms with Crippen molar-refractivity contribution in [2.45, 2.75) is 26.3 Å². The molecule has 0 saturated heterocycles. The fourth-order valence-electron chi connectivity index (χ4n) is 2.08. The topological polar surface area (TPSA) is 20.3 Å². The molecule has 0 spiro atoms. The molecule has 1 heterocycles. The lowest BCUT2D eigenvalue weighted by Gasteiger charge is -2.20. The highest BCUT2D eigenvalue weighted by Crippen LogP contribution is 2.33. The van der Waals surface area contributed by atoms with Gasteiger partial charge in [0, 0.05) is 23.1 Å². The first-order valence-corrected chi connectivity index (χ1v) is 5.47. The third kappa shape index (κ3) is 1.46. The van der Waals surface area contributed by atoms with Crippen LogP contribution in [0.5, 0.6) is 0 Å². The Labute approximate surface area is 92.0 Å². The summed E-state index contributed by atoms with van der Waals surface area (Å²) in [7, 11) is 0. The fraction of sp³-hybridized carbons (Fsp3) is 0.364. The third-order valence-corrected chi connectivity index (χ3v) is 3.09. The number of halogens is 1. The van der Waals surface area contributed by atoms with Crippen LogP contribution in [0.4, 0.5) is 5.69 Å². The van der Waals surface area contributed by atoms with Crippen molar-refractivity contribution in [1.82, 2.24) is 0 Å². The summed E-state index contributed by atoms with van der Waals surface area (Å²) >= 11 is 3.44. The standard InChI is InChI=1S/C11H12BrNO/c1-7-5-9-6-10(12)3-4-11(9)13(7)8(2)14/h3-4,6-7H,5H2,1-2H3/t7-/m0/s1. The van der Waals surface area contributed by atoms with Gasteiger partial charge in [0.25, 0.3) is 0 Å². The third-order valence-electron chi connectivity index (χ3n) is 2.60. The molecule has 0 aliphatic carbocycles. The van der Waals surface area contributed by atoms with Crippen molar-refractivity contribution >= 4 is 27.5 Å². The van der Waals surface area contributed by atoms with E-state index in [1.165, 1.54) is 5.56 Å². The van der Waals surface area contributed by atoms with Crippen molar-refractivity contribution in [3.8, 4) is 0 Å². The molecule has 0 saturated carbocycles. The van der Waals surface area contributed by atoms with Crippen LogP contribution in [0, 0.1) is 0 Å². The molecule has 1 aliphatic rings. The number of nitrogens with zero attached hydrogens (tertiary/aromatic N) is 1. The van der Waals surface area contributed by atoms with Crippen molar-refractivity contribution in [3.63, 3.8) is 0 Å². The average Bonchev–Trinajstić information content (AvgIpc) is 2.39. The van der Waals surface area contributed by atoms with E-state index in [2.05, 4.69) is 28.9 Å². The van der Waals surface area contributed by atoms with E-state index in [-0.39, 0.29) is 11.9 Å². The second kappa shape index (κ2) is 3.39. The maximum absolute atomic E-state index is 11.4. The fourth-order valence-corrected chi connectivity index (χ4v) is 2.49. The number of rotatable bonds is 0. The van der Waals surface area contributed by atoms with Crippen molar-refractivity contribution in [2.75, 3.05) is 4.90 Å². The van der Waals surface area contributed by atoms with Gasteiger partial charge in [0.2, 0.25) is 5.91 Å². The van der Waals surface area contributed by atoms with Crippen LogP contribution in [-0.2, 0) is 11.2 Å². The minimum atomic E-state index is 0.124. The molecular weight excluding hydrogens is 242 g/mol. The van der Waals surface area contributed by atoms with Gasteiger partial charge in [-0.3, -0.25) is 4.79 Å². The number of carbonyl (C=O) groups excluding carboxylic acids is 1. The first-order chi connectivity index (χ1) is 6.59. The maximum Gasteiger partial charge on any atom is 0.224 e. The largest absolute Gasteiger partial charge is 0.309 e. The van der Waals surface area contributed by atoms with E-state index in [1.807, 2.05) is 17.0 Å². The SMILES string of the molecule is CC(=O)N1c2ccc(Br)cc2C[C@@H]1C. The molecule has 0 unspecified atom stereocenters. The summed E-state index contributed by atoms with van der Waals surface area (Å²) in [4.78, 5) is 13.3. The molecule has 74 valence electrons. The van der Waals surface area contributed by atoms with E-state index in [1.54, 1.807) is 6.92 Å². The highest BCUT2D eigenvalue weighted by atomic mass is 79.9. The predicted octanol–water partition coefficient (Wildman–Crippen LogP) is 2.75. The number of benzene rings is 1. The van der Waals surface area contributed by atoms with Crippen LogP contribution in [0.25, 0.3) is 0 Å². The van der Waals surface area contributed by atoms with E-state index < -0.39 is 0 Å². The number of carbonyl (C=O) groups is 1. The lowest BCUT2D eigenvalue weighted by molar-refractivity contribution is -0.116. The molecule has 1 aromatic carbocycles. The molecular formula is C11H12BrNO. The Kier molecular flexibility index (Phi) is 2.35. The molecule has 0 bridgehead atoms. The van der Waals surface area contributed by atoms with Gasteiger partial charge in [-0.15, -0.1) is 0 Å². The van der Waals surface area contributed by atoms with E-state index in [0.29, 0.717) is 0 Å². The average molecular weight is 254 g/mol. The van der Waals surface area contributed by atoms with Crippen LogP contribution in [0.15, 0.2) is 22.7 Å². The van der Waals surface area contributed by atoms with Crippen LogP contribution in [-0.4, -0.2) is 11.9 Å². The summed E-state index contributed by atoms with van der Waals surface area (Å²) in [6.45, 7) is 3.70. The minimum Gasteiger partial charge on any atom is -0.309 e. The Morgan fingerprint density at radius 3 is 2.93 bits per heavy atom. The molecule has 1 aromatic rings. The molecule has 14 heavy (non-hydrogen) atoms. The summed E-state index contributed by atoms with van der Waals surface area (Å²) in [6, 6.07) is 6.36. The Hall–Kier alpha value is -0.830. The molecule has 0 N–H and O–H groups in total. The molecule has 2 nitrogen and oxygen atoms in total. The molecule has 1 aliphatic heterocycles. The van der Waals surface area contributed by atoms with Gasteiger partial charge in [-0.05, 0) is 37.1 Å². The molecule has 0 fully saturated rings. The number of anilines is 1. The Balaban J connectivity index is 2.48. The van der Waals surface area contributed by atoms with E-state index in [0.717, 1.165) is 16.6 Å². The van der Waals surface area contributed by atoms with Gasteiger partial charge in [0.1, 0.15) is 0 Å². The molecule has 1 atom stereocenters. The Morgan fingerprint density at radius 1 is 1.57 bits per heavy atom. The second-order valence-corrected chi connectivity index (χ2v) is 4.63. The summed E-state index contributed by atoms with van der Waals surface area (Å²) in [5.41, 5.74) is 2.32. The second-order valence-electron chi connectivity index (χ2n) is 3.72. The highest BCUT2D eigenvalue weighted by Gasteiger charge is 2.28. The van der Waals surface area contributed by atoms with Gasteiger partial charge in [-0.1, -0.05) is 15.9 Å². The van der Waals surface area contributed by atoms with Gasteiger partial charge < -0.3 is 4.90 Å². The van der Waals surface area contributed by atoms with Crippen LogP contribution in [0.3, 0.4) is 0 Å². The van der Waals surface area contributed by atoms with Gasteiger partial charge >= 0.3 is 0 Å². The van der Waals surface area contributed by atoms with E-state index in [9.17, 15) is 4.79 Å². The smallest absolute Gasteiger partial charge is 0.224 e. The molecule has 1 amide bonds. The minimum absolute atomic E-state index is 0.124. The summed E-state index contributed by atoms with van der Waals surface area (Å²) in [6.07, 6.45) is 0.953. The zero-order valence-corrected chi connectivity index (χ0v) is 9.84. The van der Waals surface area contributed by atoms with Gasteiger partial charge in [0.05, 0.1) is 0 Å². The van der Waals surface area contributed by atoms with Crippen molar-refractivity contribution in [2.24, 2.45) is 0 Å². The van der Waals surface area contributed by atoms with Crippen molar-refractivity contribution < 1.29 is 4.79 Å². The molecule has 2 rings (SSSR count). The summed E-state index contributed by atoms with van der Waals surface area (Å²) in [5, 5.41) is 0. The molecule has 0 radical (unpaired) electrons. The number of fused-ring (bicyclic) bond motifs is 1. The van der Waals surface area contributed by atoms with Crippen molar-refractivity contribution in [1.29, 1.82) is 0 Å². The number of amides is 1. The van der Waals surface area contributed by atoms with E-state index in [4.69, 9.17) is 0 Å². The van der Waals surface area contributed by atoms with Crippen molar-refractivity contribution in [3.05, 3.63) is 28.2 Å². The van der Waals surface area contributed by atoms with Gasteiger partial charge in [-0.25, -0.2) is 0 Å². The van der Waals surface area contributed by atoms with Crippen LogP contribution in [0.2, 0.25) is 0 Å². The van der Waals surface area contributed by atoms with Crippen LogP contribution < -0.4 is 4.90 Å². The first kappa shape index (κ1) is 9.71. The normalized spacial score (nSPS) is 19.6. The van der Waals surface area contributed by atoms with Crippen LogP contribution in [0.1, 0.15) is 19.4 Å². The lowest BCUT2D eigenvalue weighted by atomic mass is 10.1.